The Hall–Kier alpha value is -1.20. The Bertz CT molecular complexity index is 613. The van der Waals surface area contributed by atoms with Crippen molar-refractivity contribution in [2.75, 3.05) is 6.26 Å². The average Bonchev–Trinajstić information content (AvgIpc) is 2.88. The number of benzene rings is 1. The van der Waals surface area contributed by atoms with Crippen LogP contribution in [0.1, 0.15) is 23.5 Å². The number of rotatable bonds is 5. The van der Waals surface area contributed by atoms with Gasteiger partial charge < -0.3 is 4.42 Å². The van der Waals surface area contributed by atoms with Crippen molar-refractivity contribution in [3.63, 3.8) is 0 Å². The summed E-state index contributed by atoms with van der Waals surface area (Å²) in [5.74, 6) is 1.76. The lowest BCUT2D eigenvalue weighted by Crippen LogP contribution is -1.97. The van der Waals surface area contributed by atoms with Crippen molar-refractivity contribution >= 4 is 21.6 Å². The maximum Gasteiger partial charge on any atom is 0.175 e. The molecule has 0 aliphatic heterocycles. The third-order valence-corrected chi connectivity index (χ3v) is 5.19. The maximum absolute atomic E-state index is 11.4. The van der Waals surface area contributed by atoms with Gasteiger partial charge in [0.05, 0.1) is 16.9 Å². The minimum absolute atomic E-state index is 0.290. The molecule has 0 fully saturated rings. The first-order valence-electron chi connectivity index (χ1n) is 5.91. The third-order valence-electron chi connectivity index (χ3n) is 2.83. The molecule has 102 valence electrons. The van der Waals surface area contributed by atoms with Crippen LogP contribution in [-0.2, 0) is 15.6 Å². The molecule has 1 heterocycles. The van der Waals surface area contributed by atoms with Crippen LogP contribution in [0.25, 0.3) is 0 Å². The zero-order chi connectivity index (χ0) is 13.9. The quantitative estimate of drug-likeness (QED) is 0.844. The van der Waals surface area contributed by atoms with Gasteiger partial charge in [-0.3, -0.25) is 0 Å². The molecular formula is C14H16O3S2. The number of hydrogen-bond donors (Lipinski definition) is 0. The minimum atomic E-state index is -3.11. The van der Waals surface area contributed by atoms with Gasteiger partial charge in [0.25, 0.3) is 0 Å². The van der Waals surface area contributed by atoms with Gasteiger partial charge in [0.2, 0.25) is 0 Å². The molecule has 0 amide bonds. The van der Waals surface area contributed by atoms with E-state index < -0.39 is 9.84 Å². The summed E-state index contributed by atoms with van der Waals surface area (Å²) in [5.41, 5.74) is 1.11. The van der Waals surface area contributed by atoms with Crippen LogP contribution in [0.5, 0.6) is 0 Å². The molecule has 0 saturated carbocycles. The molecule has 19 heavy (non-hydrogen) atoms. The van der Waals surface area contributed by atoms with E-state index in [-0.39, 0.29) is 0 Å². The molecule has 2 aromatic rings. The normalized spacial score (nSPS) is 13.4. The molecule has 0 aliphatic carbocycles. The Labute approximate surface area is 117 Å². The van der Waals surface area contributed by atoms with Gasteiger partial charge in [0.1, 0.15) is 5.76 Å². The van der Waals surface area contributed by atoms with Crippen molar-refractivity contribution in [1.29, 1.82) is 0 Å². The SMILES string of the molecule is C[C@H](SCc1ccco1)c1ccc(S(C)(=O)=O)cc1. The molecule has 1 aromatic carbocycles. The van der Waals surface area contributed by atoms with Gasteiger partial charge in [-0.25, -0.2) is 8.42 Å². The second kappa shape index (κ2) is 5.84. The van der Waals surface area contributed by atoms with Crippen molar-refractivity contribution in [3.05, 3.63) is 54.0 Å². The molecule has 1 atom stereocenters. The van der Waals surface area contributed by atoms with Crippen LogP contribution < -0.4 is 0 Å². The second-order valence-electron chi connectivity index (χ2n) is 4.37. The number of hydrogen-bond acceptors (Lipinski definition) is 4. The van der Waals surface area contributed by atoms with Crippen LogP contribution in [0, 0.1) is 0 Å². The molecule has 0 saturated heterocycles. The first-order chi connectivity index (χ1) is 8.97. The fourth-order valence-electron chi connectivity index (χ4n) is 1.68. The topological polar surface area (TPSA) is 47.3 Å². The van der Waals surface area contributed by atoms with E-state index in [1.54, 1.807) is 30.2 Å². The predicted octanol–water partition coefficient (Wildman–Crippen LogP) is 3.68. The standard InChI is InChI=1S/C14H16O3S2/c1-11(18-10-13-4-3-9-17-13)12-5-7-14(8-6-12)19(2,15)16/h3-9,11H,10H2,1-2H3/t11-/m0/s1. The van der Waals surface area contributed by atoms with Gasteiger partial charge in [-0.1, -0.05) is 12.1 Å². The molecule has 0 radical (unpaired) electrons. The first kappa shape index (κ1) is 14.2. The van der Waals surface area contributed by atoms with Crippen LogP contribution in [0.2, 0.25) is 0 Å². The molecule has 3 nitrogen and oxygen atoms in total. The fourth-order valence-corrected chi connectivity index (χ4v) is 3.24. The van der Waals surface area contributed by atoms with Crippen LogP contribution >= 0.6 is 11.8 Å². The monoisotopic (exact) mass is 296 g/mol. The molecule has 0 spiro atoms. The van der Waals surface area contributed by atoms with E-state index in [1.807, 2.05) is 24.3 Å². The van der Waals surface area contributed by atoms with E-state index in [0.29, 0.717) is 10.1 Å². The fraction of sp³-hybridized carbons (Fsp3) is 0.286. The Kier molecular flexibility index (Phi) is 4.37. The summed E-state index contributed by atoms with van der Waals surface area (Å²) in [6, 6.07) is 10.9. The molecule has 0 bridgehead atoms. The van der Waals surface area contributed by atoms with E-state index >= 15 is 0 Å². The number of furan rings is 1. The molecule has 0 N–H and O–H groups in total. The van der Waals surface area contributed by atoms with Crippen molar-refractivity contribution in [2.45, 2.75) is 22.8 Å². The van der Waals surface area contributed by atoms with E-state index in [9.17, 15) is 8.42 Å². The third kappa shape index (κ3) is 3.88. The number of thioether (sulfide) groups is 1. The van der Waals surface area contributed by atoms with Gasteiger partial charge in [-0.2, -0.15) is 0 Å². The molecule has 0 aliphatic rings. The lowest BCUT2D eigenvalue weighted by molar-refractivity contribution is 0.530. The van der Waals surface area contributed by atoms with E-state index in [4.69, 9.17) is 4.42 Å². The lowest BCUT2D eigenvalue weighted by Gasteiger charge is -2.11. The Morgan fingerprint density at radius 3 is 2.42 bits per heavy atom. The molecule has 2 rings (SSSR count). The van der Waals surface area contributed by atoms with Gasteiger partial charge in [0, 0.05) is 11.5 Å². The Morgan fingerprint density at radius 2 is 1.89 bits per heavy atom. The molecule has 0 unspecified atom stereocenters. The number of sulfone groups is 1. The largest absolute Gasteiger partial charge is 0.468 e. The van der Waals surface area contributed by atoms with Gasteiger partial charge in [0.15, 0.2) is 9.84 Å². The summed E-state index contributed by atoms with van der Waals surface area (Å²) in [4.78, 5) is 0.361. The van der Waals surface area contributed by atoms with Crippen LogP contribution in [0.15, 0.2) is 52.0 Å². The second-order valence-corrected chi connectivity index (χ2v) is 7.72. The van der Waals surface area contributed by atoms with Crippen molar-refractivity contribution < 1.29 is 12.8 Å². The lowest BCUT2D eigenvalue weighted by atomic mass is 10.2. The van der Waals surface area contributed by atoms with E-state index in [1.165, 1.54) is 6.26 Å². The van der Waals surface area contributed by atoms with Crippen LogP contribution in [0.3, 0.4) is 0 Å². The molecule has 1 aromatic heterocycles. The Morgan fingerprint density at radius 1 is 1.21 bits per heavy atom. The summed E-state index contributed by atoms with van der Waals surface area (Å²) in [6.45, 7) is 2.10. The predicted molar refractivity (Wildman–Crippen MR) is 78.0 cm³/mol. The van der Waals surface area contributed by atoms with Gasteiger partial charge >= 0.3 is 0 Å². The van der Waals surface area contributed by atoms with Crippen molar-refractivity contribution in [2.24, 2.45) is 0 Å². The highest BCUT2D eigenvalue weighted by Gasteiger charge is 2.10. The van der Waals surface area contributed by atoms with Crippen molar-refractivity contribution in [1.82, 2.24) is 0 Å². The zero-order valence-electron chi connectivity index (χ0n) is 10.9. The summed E-state index contributed by atoms with van der Waals surface area (Å²) >= 11 is 1.76. The minimum Gasteiger partial charge on any atom is -0.468 e. The molecule has 5 heteroatoms. The smallest absolute Gasteiger partial charge is 0.175 e. The average molecular weight is 296 g/mol. The summed E-state index contributed by atoms with van der Waals surface area (Å²) in [5, 5.41) is 0.290. The maximum atomic E-state index is 11.4. The van der Waals surface area contributed by atoms with E-state index in [2.05, 4.69) is 6.92 Å². The van der Waals surface area contributed by atoms with Gasteiger partial charge in [-0.15, -0.1) is 11.8 Å². The summed E-state index contributed by atoms with van der Waals surface area (Å²) in [6.07, 6.45) is 2.89. The highest BCUT2D eigenvalue weighted by Crippen LogP contribution is 2.31. The van der Waals surface area contributed by atoms with Crippen LogP contribution in [0.4, 0.5) is 0 Å². The van der Waals surface area contributed by atoms with Gasteiger partial charge in [-0.05, 0) is 36.8 Å². The highest BCUT2D eigenvalue weighted by atomic mass is 32.2. The van der Waals surface area contributed by atoms with E-state index in [0.717, 1.165) is 17.1 Å². The summed E-state index contributed by atoms with van der Waals surface area (Å²) in [7, 11) is -3.11. The zero-order valence-corrected chi connectivity index (χ0v) is 12.5. The van der Waals surface area contributed by atoms with Crippen molar-refractivity contribution in [3.8, 4) is 0 Å². The Balaban J connectivity index is 2.01. The highest BCUT2D eigenvalue weighted by molar-refractivity contribution is 7.98. The summed E-state index contributed by atoms with van der Waals surface area (Å²) < 4.78 is 28.0. The first-order valence-corrected chi connectivity index (χ1v) is 8.85. The molecular weight excluding hydrogens is 280 g/mol. The van der Waals surface area contributed by atoms with Crippen LogP contribution in [-0.4, -0.2) is 14.7 Å².